The van der Waals surface area contributed by atoms with Gasteiger partial charge in [-0.15, -0.1) is 11.3 Å². The van der Waals surface area contributed by atoms with E-state index in [1.165, 1.54) is 11.3 Å². The van der Waals surface area contributed by atoms with E-state index in [0.29, 0.717) is 15.9 Å². The van der Waals surface area contributed by atoms with E-state index in [-0.39, 0.29) is 12.5 Å². The fourth-order valence-electron chi connectivity index (χ4n) is 2.62. The summed E-state index contributed by atoms with van der Waals surface area (Å²) >= 11 is 7.19. The Morgan fingerprint density at radius 1 is 0.900 bits per heavy atom. The van der Waals surface area contributed by atoms with Gasteiger partial charge in [0.25, 0.3) is 5.91 Å². The van der Waals surface area contributed by atoms with E-state index in [1.54, 1.807) is 24.3 Å². The molecule has 0 atom stereocenters. The molecule has 0 saturated carbocycles. The van der Waals surface area contributed by atoms with Gasteiger partial charge in [0.15, 0.2) is 11.7 Å². The predicted octanol–water partition coefficient (Wildman–Crippen LogP) is 6.27. The molecule has 3 aromatic carbocycles. The van der Waals surface area contributed by atoms with Crippen LogP contribution in [-0.4, -0.2) is 17.5 Å². The molecule has 0 aliphatic carbocycles. The predicted molar refractivity (Wildman–Crippen MR) is 120 cm³/mol. The molecular formula is C23H17ClN2O3S. The molecule has 4 rings (SSSR count). The number of carbonyl (C=O) groups excluding carboxylic acids is 1. The fourth-order valence-corrected chi connectivity index (χ4v) is 3.48. The summed E-state index contributed by atoms with van der Waals surface area (Å²) in [5.74, 6) is 1.82. The van der Waals surface area contributed by atoms with Gasteiger partial charge in [0.1, 0.15) is 17.2 Å². The summed E-state index contributed by atoms with van der Waals surface area (Å²) in [6.45, 7) is -0.109. The second-order valence-electron chi connectivity index (χ2n) is 6.27. The zero-order valence-corrected chi connectivity index (χ0v) is 17.3. The summed E-state index contributed by atoms with van der Waals surface area (Å²) < 4.78 is 11.2. The maximum absolute atomic E-state index is 12.1. The number of carbonyl (C=O) groups is 1. The van der Waals surface area contributed by atoms with Crippen LogP contribution in [0.4, 0.5) is 5.13 Å². The highest BCUT2D eigenvalue weighted by Crippen LogP contribution is 2.28. The number of aromatic nitrogens is 1. The molecule has 0 aliphatic rings. The summed E-state index contributed by atoms with van der Waals surface area (Å²) in [5.41, 5.74) is 1.71. The molecule has 7 heteroatoms. The van der Waals surface area contributed by atoms with Crippen molar-refractivity contribution >= 4 is 34.0 Å². The number of thiazole rings is 1. The van der Waals surface area contributed by atoms with Gasteiger partial charge in [-0.25, -0.2) is 4.98 Å². The Bertz CT molecular complexity index is 1110. The third-order valence-electron chi connectivity index (χ3n) is 4.06. The summed E-state index contributed by atoms with van der Waals surface area (Å²) in [6, 6.07) is 24.1. The lowest BCUT2D eigenvalue weighted by atomic mass is 10.2. The average Bonchev–Trinajstić information content (AvgIpc) is 3.23. The number of ether oxygens (including phenoxy) is 2. The lowest BCUT2D eigenvalue weighted by molar-refractivity contribution is -0.118. The molecule has 5 nitrogen and oxygen atoms in total. The molecule has 0 fully saturated rings. The second-order valence-corrected chi connectivity index (χ2v) is 7.56. The summed E-state index contributed by atoms with van der Waals surface area (Å²) in [6.07, 6.45) is 0. The lowest BCUT2D eigenvalue weighted by Gasteiger charge is -2.06. The molecule has 4 aromatic rings. The van der Waals surface area contributed by atoms with Gasteiger partial charge < -0.3 is 9.47 Å². The van der Waals surface area contributed by atoms with E-state index in [4.69, 9.17) is 21.1 Å². The van der Waals surface area contributed by atoms with E-state index < -0.39 is 0 Å². The van der Waals surface area contributed by atoms with Crippen molar-refractivity contribution in [3.8, 4) is 28.5 Å². The van der Waals surface area contributed by atoms with Gasteiger partial charge in [0, 0.05) is 16.0 Å². The zero-order valence-electron chi connectivity index (χ0n) is 15.7. The van der Waals surface area contributed by atoms with E-state index >= 15 is 0 Å². The van der Waals surface area contributed by atoms with Crippen LogP contribution in [-0.2, 0) is 4.79 Å². The molecule has 1 aromatic heterocycles. The minimum absolute atomic E-state index is 0.109. The number of hydrogen-bond acceptors (Lipinski definition) is 5. The van der Waals surface area contributed by atoms with Gasteiger partial charge >= 0.3 is 0 Å². The molecule has 0 radical (unpaired) electrons. The first-order valence-corrected chi connectivity index (χ1v) is 10.4. The number of rotatable bonds is 7. The molecule has 0 spiro atoms. The Hall–Kier alpha value is -3.35. The monoisotopic (exact) mass is 436 g/mol. The van der Waals surface area contributed by atoms with E-state index in [1.807, 2.05) is 60.0 Å². The van der Waals surface area contributed by atoms with Crippen molar-refractivity contribution in [2.75, 3.05) is 11.9 Å². The van der Waals surface area contributed by atoms with Gasteiger partial charge in [-0.2, -0.15) is 0 Å². The summed E-state index contributed by atoms with van der Waals surface area (Å²) in [7, 11) is 0. The Balaban J connectivity index is 1.33. The quantitative estimate of drug-likeness (QED) is 0.370. The first-order valence-electron chi connectivity index (χ1n) is 9.13. The lowest BCUT2D eigenvalue weighted by Crippen LogP contribution is -2.20. The van der Waals surface area contributed by atoms with Gasteiger partial charge in [0.05, 0.1) is 5.69 Å². The molecule has 1 heterocycles. The van der Waals surface area contributed by atoms with Crippen molar-refractivity contribution in [3.05, 3.63) is 89.3 Å². The van der Waals surface area contributed by atoms with Crippen molar-refractivity contribution in [3.63, 3.8) is 0 Å². The number of benzene rings is 3. The van der Waals surface area contributed by atoms with Crippen LogP contribution in [0.2, 0.25) is 5.02 Å². The molecule has 1 amide bonds. The molecular weight excluding hydrogens is 420 g/mol. The van der Waals surface area contributed by atoms with Crippen molar-refractivity contribution in [2.24, 2.45) is 0 Å². The smallest absolute Gasteiger partial charge is 0.264 e. The highest BCUT2D eigenvalue weighted by molar-refractivity contribution is 7.14. The topological polar surface area (TPSA) is 60.5 Å². The average molecular weight is 437 g/mol. The molecule has 0 saturated heterocycles. The standard InChI is InChI=1S/C23H17ClN2O3S/c24-17-8-12-18(13-9-17)28-14-22(27)26-23-25-21(15-30-23)16-6-10-20(11-7-16)29-19-4-2-1-3-5-19/h1-13,15H,14H2,(H,25,26,27). The molecule has 1 N–H and O–H groups in total. The normalized spacial score (nSPS) is 10.4. The fraction of sp³-hybridized carbons (Fsp3) is 0.0435. The van der Waals surface area contributed by atoms with Crippen LogP contribution in [0, 0.1) is 0 Å². The van der Waals surface area contributed by atoms with E-state index in [2.05, 4.69) is 10.3 Å². The van der Waals surface area contributed by atoms with Crippen LogP contribution in [0.1, 0.15) is 0 Å². The number of anilines is 1. The second kappa shape index (κ2) is 9.43. The number of nitrogens with one attached hydrogen (secondary N) is 1. The van der Waals surface area contributed by atoms with E-state index in [0.717, 1.165) is 22.8 Å². The Morgan fingerprint density at radius 3 is 2.30 bits per heavy atom. The molecule has 0 unspecified atom stereocenters. The Kier molecular flexibility index (Phi) is 6.27. The van der Waals surface area contributed by atoms with Crippen LogP contribution >= 0.6 is 22.9 Å². The highest BCUT2D eigenvalue weighted by atomic mass is 35.5. The number of hydrogen-bond donors (Lipinski definition) is 1. The summed E-state index contributed by atoms with van der Waals surface area (Å²) in [5, 5.41) is 5.77. The number of amides is 1. The van der Waals surface area contributed by atoms with Gasteiger partial charge in [-0.1, -0.05) is 29.8 Å². The molecule has 0 aliphatic heterocycles. The van der Waals surface area contributed by atoms with Crippen molar-refractivity contribution in [2.45, 2.75) is 0 Å². The van der Waals surface area contributed by atoms with Crippen molar-refractivity contribution in [1.82, 2.24) is 4.98 Å². The van der Waals surface area contributed by atoms with Crippen LogP contribution in [0.25, 0.3) is 11.3 Å². The van der Waals surface area contributed by atoms with Gasteiger partial charge in [-0.3, -0.25) is 10.1 Å². The first-order chi connectivity index (χ1) is 14.7. The van der Waals surface area contributed by atoms with Crippen LogP contribution < -0.4 is 14.8 Å². The van der Waals surface area contributed by atoms with E-state index in [9.17, 15) is 4.79 Å². The Labute approximate surface area is 182 Å². The third kappa shape index (κ3) is 5.37. The minimum atomic E-state index is -0.280. The zero-order chi connectivity index (χ0) is 20.8. The summed E-state index contributed by atoms with van der Waals surface area (Å²) in [4.78, 5) is 16.6. The first kappa shape index (κ1) is 19.9. The minimum Gasteiger partial charge on any atom is -0.484 e. The molecule has 150 valence electrons. The maximum atomic E-state index is 12.1. The number of para-hydroxylation sites is 1. The third-order valence-corrected chi connectivity index (χ3v) is 5.07. The largest absolute Gasteiger partial charge is 0.484 e. The molecule has 0 bridgehead atoms. The molecule has 30 heavy (non-hydrogen) atoms. The highest BCUT2D eigenvalue weighted by Gasteiger charge is 2.09. The van der Waals surface area contributed by atoms with Crippen LogP contribution in [0.3, 0.4) is 0 Å². The maximum Gasteiger partial charge on any atom is 0.264 e. The van der Waals surface area contributed by atoms with Crippen molar-refractivity contribution < 1.29 is 14.3 Å². The SMILES string of the molecule is O=C(COc1ccc(Cl)cc1)Nc1nc(-c2ccc(Oc3ccccc3)cc2)cs1. The van der Waals surface area contributed by atoms with Crippen LogP contribution in [0.15, 0.2) is 84.2 Å². The number of nitrogens with zero attached hydrogens (tertiary/aromatic N) is 1. The van der Waals surface area contributed by atoms with Gasteiger partial charge in [0.2, 0.25) is 0 Å². The number of halogens is 1. The van der Waals surface area contributed by atoms with Crippen LogP contribution in [0.5, 0.6) is 17.2 Å². The van der Waals surface area contributed by atoms with Gasteiger partial charge in [-0.05, 0) is 60.7 Å². The Morgan fingerprint density at radius 2 is 1.57 bits per heavy atom. The van der Waals surface area contributed by atoms with Crippen molar-refractivity contribution in [1.29, 1.82) is 0 Å².